The summed E-state index contributed by atoms with van der Waals surface area (Å²) in [7, 11) is -3.34. The third kappa shape index (κ3) is 3.33. The highest BCUT2D eigenvalue weighted by molar-refractivity contribution is 7.89. The molecule has 1 fully saturated rings. The largest absolute Gasteiger partial charge is 0.385 e. The van der Waals surface area contributed by atoms with Crippen LogP contribution in [0, 0.1) is 5.41 Å². The van der Waals surface area contributed by atoms with Crippen LogP contribution in [-0.4, -0.2) is 32.4 Å². The Morgan fingerprint density at radius 1 is 1.15 bits per heavy atom. The summed E-state index contributed by atoms with van der Waals surface area (Å²) < 4.78 is 26.8. The van der Waals surface area contributed by atoms with Crippen molar-refractivity contribution in [3.8, 4) is 0 Å². The van der Waals surface area contributed by atoms with E-state index in [2.05, 4.69) is 19.2 Å². The van der Waals surface area contributed by atoms with Crippen molar-refractivity contribution in [2.24, 2.45) is 5.41 Å². The molecule has 0 aromatic heterocycles. The topological polar surface area (TPSA) is 49.4 Å². The second-order valence-electron chi connectivity index (χ2n) is 6.12. The van der Waals surface area contributed by atoms with Crippen LogP contribution in [0.3, 0.4) is 0 Å². The summed E-state index contributed by atoms with van der Waals surface area (Å²) in [4.78, 5) is 0.388. The minimum absolute atomic E-state index is 0.251. The van der Waals surface area contributed by atoms with Crippen molar-refractivity contribution in [2.45, 2.75) is 38.5 Å². The molecule has 0 unspecified atom stereocenters. The smallest absolute Gasteiger partial charge is 0.243 e. The Morgan fingerprint density at radius 3 is 2.20 bits per heavy atom. The highest BCUT2D eigenvalue weighted by atomic mass is 32.2. The fourth-order valence-electron chi connectivity index (χ4n) is 2.43. The number of benzene rings is 1. The first-order valence-corrected chi connectivity index (χ1v) is 8.63. The van der Waals surface area contributed by atoms with Gasteiger partial charge >= 0.3 is 0 Å². The fourth-order valence-corrected chi connectivity index (χ4v) is 3.87. The molecule has 1 aliphatic heterocycles. The van der Waals surface area contributed by atoms with E-state index in [4.69, 9.17) is 0 Å². The highest BCUT2D eigenvalue weighted by Gasteiger charge is 2.32. The van der Waals surface area contributed by atoms with E-state index in [9.17, 15) is 8.42 Å². The zero-order valence-corrected chi connectivity index (χ0v) is 13.3. The molecule has 4 nitrogen and oxygen atoms in total. The number of piperidine rings is 1. The average Bonchev–Trinajstić information content (AvgIpc) is 2.39. The molecule has 1 aromatic rings. The lowest BCUT2D eigenvalue weighted by Crippen LogP contribution is -2.41. The molecule has 0 atom stereocenters. The van der Waals surface area contributed by atoms with Gasteiger partial charge in [-0.1, -0.05) is 13.8 Å². The lowest BCUT2D eigenvalue weighted by atomic mass is 9.83. The quantitative estimate of drug-likeness (QED) is 0.929. The van der Waals surface area contributed by atoms with E-state index in [1.807, 2.05) is 19.1 Å². The van der Waals surface area contributed by atoms with Gasteiger partial charge in [0.1, 0.15) is 0 Å². The summed E-state index contributed by atoms with van der Waals surface area (Å²) in [5.74, 6) is 0. The van der Waals surface area contributed by atoms with Crippen LogP contribution in [0.1, 0.15) is 33.6 Å². The van der Waals surface area contributed by atoms with Crippen molar-refractivity contribution in [2.75, 3.05) is 25.0 Å². The predicted octanol–water partition coefficient (Wildman–Crippen LogP) is 2.93. The second kappa shape index (κ2) is 5.74. The maximum Gasteiger partial charge on any atom is 0.243 e. The molecule has 1 heterocycles. The molecule has 112 valence electrons. The van der Waals surface area contributed by atoms with E-state index in [0.29, 0.717) is 18.0 Å². The Bertz CT molecular complexity index is 540. The van der Waals surface area contributed by atoms with Crippen molar-refractivity contribution in [1.29, 1.82) is 0 Å². The number of anilines is 1. The Hall–Kier alpha value is -1.07. The third-order valence-corrected chi connectivity index (χ3v) is 5.86. The summed E-state index contributed by atoms with van der Waals surface area (Å²) in [5, 5.41) is 3.17. The predicted molar refractivity (Wildman–Crippen MR) is 82.4 cm³/mol. The Morgan fingerprint density at radius 2 is 1.70 bits per heavy atom. The fraction of sp³-hybridized carbons (Fsp3) is 0.600. The second-order valence-corrected chi connectivity index (χ2v) is 8.06. The average molecular weight is 296 g/mol. The highest BCUT2D eigenvalue weighted by Crippen LogP contribution is 2.32. The van der Waals surface area contributed by atoms with Gasteiger partial charge in [-0.3, -0.25) is 0 Å². The van der Waals surface area contributed by atoms with Crippen LogP contribution < -0.4 is 5.32 Å². The van der Waals surface area contributed by atoms with Crippen molar-refractivity contribution in [3.05, 3.63) is 24.3 Å². The zero-order valence-electron chi connectivity index (χ0n) is 12.5. The molecule has 0 radical (unpaired) electrons. The molecule has 1 aliphatic rings. The normalized spacial score (nSPS) is 19.8. The van der Waals surface area contributed by atoms with Gasteiger partial charge in [-0.05, 0) is 49.4 Å². The van der Waals surface area contributed by atoms with Crippen LogP contribution in [-0.2, 0) is 10.0 Å². The molecule has 0 amide bonds. The first-order valence-electron chi connectivity index (χ1n) is 7.19. The van der Waals surface area contributed by atoms with Crippen LogP contribution in [0.4, 0.5) is 5.69 Å². The van der Waals surface area contributed by atoms with Gasteiger partial charge in [0.2, 0.25) is 10.0 Å². The molecule has 0 saturated carbocycles. The van der Waals surface area contributed by atoms with Gasteiger partial charge in [-0.2, -0.15) is 4.31 Å². The van der Waals surface area contributed by atoms with Crippen molar-refractivity contribution >= 4 is 15.7 Å². The maximum atomic E-state index is 12.6. The van der Waals surface area contributed by atoms with Gasteiger partial charge in [-0.15, -0.1) is 0 Å². The van der Waals surface area contributed by atoms with Crippen molar-refractivity contribution in [3.63, 3.8) is 0 Å². The van der Waals surface area contributed by atoms with Crippen LogP contribution >= 0.6 is 0 Å². The summed E-state index contributed by atoms with van der Waals surface area (Å²) in [5.41, 5.74) is 1.20. The van der Waals surface area contributed by atoms with E-state index >= 15 is 0 Å². The van der Waals surface area contributed by atoms with E-state index in [1.54, 1.807) is 16.4 Å². The van der Waals surface area contributed by atoms with Gasteiger partial charge in [0.05, 0.1) is 4.90 Å². The number of hydrogen-bond acceptors (Lipinski definition) is 3. The molecule has 1 N–H and O–H groups in total. The number of sulfonamides is 1. The van der Waals surface area contributed by atoms with E-state index in [-0.39, 0.29) is 5.41 Å². The number of hydrogen-bond donors (Lipinski definition) is 1. The van der Waals surface area contributed by atoms with Crippen molar-refractivity contribution in [1.82, 2.24) is 4.31 Å². The van der Waals surface area contributed by atoms with Gasteiger partial charge in [0.15, 0.2) is 0 Å². The Kier molecular flexibility index (Phi) is 4.39. The molecule has 20 heavy (non-hydrogen) atoms. The molecular weight excluding hydrogens is 272 g/mol. The molecule has 1 saturated heterocycles. The zero-order chi connectivity index (χ0) is 14.8. The van der Waals surface area contributed by atoms with E-state index in [0.717, 1.165) is 25.1 Å². The molecule has 1 aromatic carbocycles. The number of nitrogens with one attached hydrogen (secondary N) is 1. The van der Waals surface area contributed by atoms with Gasteiger partial charge in [-0.25, -0.2) is 8.42 Å². The van der Waals surface area contributed by atoms with Crippen LogP contribution in [0.15, 0.2) is 29.2 Å². The first-order chi connectivity index (χ1) is 9.35. The third-order valence-electron chi connectivity index (χ3n) is 3.95. The summed E-state index contributed by atoms with van der Waals surface area (Å²) in [6.07, 6.45) is 1.84. The van der Waals surface area contributed by atoms with Gasteiger partial charge in [0.25, 0.3) is 0 Å². The van der Waals surface area contributed by atoms with Gasteiger partial charge in [0, 0.05) is 25.3 Å². The summed E-state index contributed by atoms with van der Waals surface area (Å²) in [6, 6.07) is 7.02. The molecule has 2 rings (SSSR count). The van der Waals surface area contributed by atoms with E-state index < -0.39 is 10.0 Å². The number of rotatable bonds is 4. The van der Waals surface area contributed by atoms with E-state index in [1.165, 1.54) is 0 Å². The molecular formula is C15H24N2O2S. The standard InChI is InChI=1S/C15H24N2O2S/c1-4-16-13-5-7-14(8-6-13)20(18,19)17-11-9-15(2,3)10-12-17/h5-8,16H,4,9-12H2,1-3H3. The van der Waals surface area contributed by atoms with Gasteiger partial charge < -0.3 is 5.32 Å². The number of nitrogens with zero attached hydrogens (tertiary/aromatic N) is 1. The molecule has 0 spiro atoms. The summed E-state index contributed by atoms with van der Waals surface area (Å²) in [6.45, 7) is 8.46. The monoisotopic (exact) mass is 296 g/mol. The Labute approximate surface area is 122 Å². The first kappa shape index (κ1) is 15.3. The lowest BCUT2D eigenvalue weighted by Gasteiger charge is -2.36. The minimum atomic E-state index is -3.34. The summed E-state index contributed by atoms with van der Waals surface area (Å²) >= 11 is 0. The lowest BCUT2D eigenvalue weighted by molar-refractivity contribution is 0.196. The van der Waals surface area contributed by atoms with Crippen LogP contribution in [0.25, 0.3) is 0 Å². The SMILES string of the molecule is CCNc1ccc(S(=O)(=O)N2CCC(C)(C)CC2)cc1. The van der Waals surface area contributed by atoms with Crippen LogP contribution in [0.5, 0.6) is 0 Å². The minimum Gasteiger partial charge on any atom is -0.385 e. The Balaban J connectivity index is 2.14. The maximum absolute atomic E-state index is 12.6. The molecule has 5 heteroatoms. The van der Waals surface area contributed by atoms with Crippen molar-refractivity contribution < 1.29 is 8.42 Å². The van der Waals surface area contributed by atoms with Crippen LogP contribution in [0.2, 0.25) is 0 Å². The molecule has 0 aliphatic carbocycles. The molecule has 0 bridgehead atoms.